The molecule has 0 heterocycles. The zero-order chi connectivity index (χ0) is 12.3. The van der Waals surface area contributed by atoms with Crippen LogP contribution >= 0.6 is 0 Å². The molecule has 0 bridgehead atoms. The van der Waals surface area contributed by atoms with Crippen molar-refractivity contribution in [1.29, 1.82) is 0 Å². The van der Waals surface area contributed by atoms with Crippen molar-refractivity contribution in [1.82, 2.24) is 0 Å². The van der Waals surface area contributed by atoms with Crippen LogP contribution in [0.1, 0.15) is 5.56 Å². The van der Waals surface area contributed by atoms with Gasteiger partial charge in [0.1, 0.15) is 5.75 Å². The lowest BCUT2D eigenvalue weighted by Crippen LogP contribution is -2.18. The summed E-state index contributed by atoms with van der Waals surface area (Å²) in [6.45, 7) is 0. The zero-order valence-electron chi connectivity index (χ0n) is 7.55. The maximum absolute atomic E-state index is 13.1. The second kappa shape index (κ2) is 4.33. The van der Waals surface area contributed by atoms with Crippen molar-refractivity contribution in [2.75, 3.05) is 0 Å². The minimum Gasteiger partial charge on any atom is -0.405 e. The van der Waals surface area contributed by atoms with Gasteiger partial charge in [-0.05, 0) is 12.1 Å². The Morgan fingerprint density at radius 1 is 1.25 bits per heavy atom. The van der Waals surface area contributed by atoms with Crippen LogP contribution < -0.4 is 10.6 Å². The number of hydrogen-bond acceptors (Lipinski definition) is 3. The molecule has 3 nitrogen and oxygen atoms in total. The molecule has 0 fully saturated rings. The minimum absolute atomic E-state index is 0.504. The summed E-state index contributed by atoms with van der Waals surface area (Å²) in [7, 11) is 0. The number of alkyl halides is 3. The summed E-state index contributed by atoms with van der Waals surface area (Å²) in [5.41, 5.74) is -0.806. The molecule has 0 atom stereocenters. The summed E-state index contributed by atoms with van der Waals surface area (Å²) in [4.78, 5) is 0. The van der Waals surface area contributed by atoms with Crippen LogP contribution in [-0.2, 0) is 0 Å². The number of hydrazone groups is 1. The van der Waals surface area contributed by atoms with E-state index in [1.165, 1.54) is 0 Å². The highest BCUT2D eigenvalue weighted by Crippen LogP contribution is 2.28. The molecule has 0 unspecified atom stereocenters. The Labute approximate surface area is 86.3 Å². The highest BCUT2D eigenvalue weighted by Gasteiger charge is 2.32. The summed E-state index contributed by atoms with van der Waals surface area (Å²) in [5.74, 6) is 0.893. The number of benzene rings is 1. The van der Waals surface area contributed by atoms with E-state index in [1.807, 2.05) is 0 Å². The molecule has 0 saturated carbocycles. The van der Waals surface area contributed by atoms with Crippen LogP contribution in [0.2, 0.25) is 0 Å². The molecule has 0 aliphatic heterocycles. The number of ether oxygens (including phenoxy) is 1. The Morgan fingerprint density at radius 3 is 2.38 bits per heavy atom. The maximum atomic E-state index is 13.1. The Morgan fingerprint density at radius 2 is 1.88 bits per heavy atom. The summed E-state index contributed by atoms with van der Waals surface area (Å²) in [6, 6.07) is 1.13. The molecule has 1 aromatic carbocycles. The molecule has 0 amide bonds. The third-order valence-electron chi connectivity index (χ3n) is 1.52. The standard InChI is InChI=1S/C8H5F5N2O/c9-5-1-2-6(16-8(11,12)13)4(3-15-14)7(5)10/h1-3H,14H2. The quantitative estimate of drug-likeness (QED) is 0.372. The van der Waals surface area contributed by atoms with Gasteiger partial charge in [0.05, 0.1) is 11.8 Å². The first-order chi connectivity index (χ1) is 7.35. The fourth-order valence-electron chi connectivity index (χ4n) is 0.957. The van der Waals surface area contributed by atoms with Gasteiger partial charge in [-0.1, -0.05) is 0 Å². The molecule has 0 radical (unpaired) electrons. The van der Waals surface area contributed by atoms with Crippen LogP contribution in [-0.4, -0.2) is 12.6 Å². The van der Waals surface area contributed by atoms with E-state index in [9.17, 15) is 22.0 Å². The lowest BCUT2D eigenvalue weighted by atomic mass is 10.2. The van der Waals surface area contributed by atoms with Gasteiger partial charge in [0.15, 0.2) is 11.6 Å². The largest absolute Gasteiger partial charge is 0.573 e. The Kier molecular flexibility index (Phi) is 3.31. The lowest BCUT2D eigenvalue weighted by molar-refractivity contribution is -0.274. The van der Waals surface area contributed by atoms with Gasteiger partial charge in [-0.3, -0.25) is 0 Å². The number of nitrogens with two attached hydrogens (primary N) is 1. The number of halogens is 5. The first kappa shape index (κ1) is 12.2. The maximum Gasteiger partial charge on any atom is 0.573 e. The Balaban J connectivity index is 3.23. The van der Waals surface area contributed by atoms with Gasteiger partial charge < -0.3 is 10.6 Å². The van der Waals surface area contributed by atoms with Crippen LogP contribution in [0.5, 0.6) is 5.75 Å². The van der Waals surface area contributed by atoms with Gasteiger partial charge in [0.25, 0.3) is 0 Å². The number of rotatable bonds is 2. The van der Waals surface area contributed by atoms with Gasteiger partial charge in [-0.25, -0.2) is 8.78 Å². The van der Waals surface area contributed by atoms with E-state index in [0.717, 1.165) is 0 Å². The minimum atomic E-state index is -5.01. The summed E-state index contributed by atoms with van der Waals surface area (Å²) >= 11 is 0. The van der Waals surface area contributed by atoms with Crippen molar-refractivity contribution in [3.05, 3.63) is 29.3 Å². The molecule has 0 aliphatic rings. The van der Waals surface area contributed by atoms with Crippen molar-refractivity contribution in [2.45, 2.75) is 6.36 Å². The third kappa shape index (κ3) is 2.81. The van der Waals surface area contributed by atoms with E-state index in [0.29, 0.717) is 18.3 Å². The summed E-state index contributed by atoms with van der Waals surface area (Å²) < 4.78 is 64.9. The Hall–Kier alpha value is -1.86. The fraction of sp³-hybridized carbons (Fsp3) is 0.125. The average Bonchev–Trinajstić information content (AvgIpc) is 2.15. The number of hydrogen-bond donors (Lipinski definition) is 1. The van der Waals surface area contributed by atoms with Crippen LogP contribution in [0, 0.1) is 11.6 Å². The van der Waals surface area contributed by atoms with Crippen LogP contribution in [0.25, 0.3) is 0 Å². The molecule has 0 saturated heterocycles. The van der Waals surface area contributed by atoms with Crippen LogP contribution in [0.3, 0.4) is 0 Å². The molecule has 0 spiro atoms. The average molecular weight is 240 g/mol. The molecular weight excluding hydrogens is 235 g/mol. The second-order valence-electron chi connectivity index (χ2n) is 2.60. The highest BCUT2D eigenvalue weighted by atomic mass is 19.4. The molecule has 0 aliphatic carbocycles. The SMILES string of the molecule is NN=Cc1c(OC(F)(F)F)ccc(F)c1F. The fourth-order valence-corrected chi connectivity index (χ4v) is 0.957. The smallest absolute Gasteiger partial charge is 0.405 e. The van der Waals surface area contributed by atoms with Crippen LogP contribution in [0.15, 0.2) is 17.2 Å². The first-order valence-electron chi connectivity index (χ1n) is 3.82. The van der Waals surface area contributed by atoms with E-state index in [1.54, 1.807) is 0 Å². The summed E-state index contributed by atoms with van der Waals surface area (Å²) in [6.07, 6.45) is -4.49. The normalized spacial score (nSPS) is 12.1. The predicted molar refractivity (Wildman–Crippen MR) is 44.8 cm³/mol. The topological polar surface area (TPSA) is 47.6 Å². The predicted octanol–water partition coefficient (Wildman–Crippen LogP) is 2.16. The van der Waals surface area contributed by atoms with Crippen molar-refractivity contribution in [3.63, 3.8) is 0 Å². The van der Waals surface area contributed by atoms with Crippen molar-refractivity contribution < 1.29 is 26.7 Å². The summed E-state index contributed by atoms with van der Waals surface area (Å²) in [5, 5.41) is 2.82. The number of nitrogens with zero attached hydrogens (tertiary/aromatic N) is 1. The van der Waals surface area contributed by atoms with Gasteiger partial charge >= 0.3 is 6.36 Å². The molecular formula is C8H5F5N2O. The molecule has 1 rings (SSSR count). The first-order valence-corrected chi connectivity index (χ1v) is 3.82. The van der Waals surface area contributed by atoms with Gasteiger partial charge in [0.2, 0.25) is 0 Å². The Bertz CT molecular complexity index is 416. The van der Waals surface area contributed by atoms with Gasteiger partial charge in [-0.2, -0.15) is 5.10 Å². The molecule has 88 valence electrons. The van der Waals surface area contributed by atoms with E-state index in [4.69, 9.17) is 0 Å². The van der Waals surface area contributed by atoms with E-state index >= 15 is 0 Å². The van der Waals surface area contributed by atoms with Crippen LogP contribution in [0.4, 0.5) is 22.0 Å². The van der Waals surface area contributed by atoms with Crippen molar-refractivity contribution in [2.24, 2.45) is 10.9 Å². The highest BCUT2D eigenvalue weighted by molar-refractivity contribution is 5.83. The lowest BCUT2D eigenvalue weighted by Gasteiger charge is -2.11. The monoisotopic (exact) mass is 240 g/mol. The molecule has 16 heavy (non-hydrogen) atoms. The zero-order valence-corrected chi connectivity index (χ0v) is 7.55. The molecule has 2 N–H and O–H groups in total. The third-order valence-corrected chi connectivity index (χ3v) is 1.52. The molecule has 0 aromatic heterocycles. The van der Waals surface area contributed by atoms with E-state index < -0.39 is 29.3 Å². The van der Waals surface area contributed by atoms with Gasteiger partial charge in [0, 0.05) is 0 Å². The molecule has 1 aromatic rings. The second-order valence-corrected chi connectivity index (χ2v) is 2.60. The van der Waals surface area contributed by atoms with E-state index in [-0.39, 0.29) is 0 Å². The van der Waals surface area contributed by atoms with Crippen molar-refractivity contribution >= 4 is 6.21 Å². The van der Waals surface area contributed by atoms with Crippen molar-refractivity contribution in [3.8, 4) is 5.75 Å². The van der Waals surface area contributed by atoms with E-state index in [2.05, 4.69) is 15.7 Å². The molecule has 8 heteroatoms. The van der Waals surface area contributed by atoms with Gasteiger partial charge in [-0.15, -0.1) is 13.2 Å².